The normalized spacial score (nSPS) is 29.6. The molecule has 2 atom stereocenters. The molecule has 2 rings (SSSR count). The topological polar surface area (TPSA) is 64.8 Å². The van der Waals surface area contributed by atoms with Crippen molar-refractivity contribution in [2.75, 3.05) is 39.5 Å². The van der Waals surface area contributed by atoms with Crippen LogP contribution in [0.25, 0.3) is 0 Å². The van der Waals surface area contributed by atoms with Gasteiger partial charge >= 0.3 is 0 Å². The summed E-state index contributed by atoms with van der Waals surface area (Å²) < 4.78 is 10.8. The minimum absolute atomic E-state index is 0. The number of hydrogen-bond acceptors (Lipinski definition) is 4. The molecule has 2 N–H and O–H groups in total. The van der Waals surface area contributed by atoms with Crippen LogP contribution in [0.3, 0.4) is 0 Å². The first-order chi connectivity index (χ1) is 7.81. The molecule has 0 aromatic rings. The number of ether oxygens (including phenoxy) is 2. The van der Waals surface area contributed by atoms with Crippen LogP contribution < -0.4 is 5.73 Å². The first-order valence-corrected chi connectivity index (χ1v) is 5.99. The molecule has 2 heterocycles. The molecule has 2 aliphatic heterocycles. The lowest BCUT2D eigenvalue weighted by atomic mass is 10.0. The molecule has 0 bridgehead atoms. The molecule has 6 heteroatoms. The molecule has 100 valence electrons. The molecular formula is C11H21ClN2O3. The van der Waals surface area contributed by atoms with Gasteiger partial charge in [-0.25, -0.2) is 0 Å². The van der Waals surface area contributed by atoms with Crippen molar-refractivity contribution in [1.82, 2.24) is 4.90 Å². The Kier molecular flexibility index (Phi) is 6.19. The summed E-state index contributed by atoms with van der Waals surface area (Å²) >= 11 is 0. The van der Waals surface area contributed by atoms with Crippen LogP contribution in [0.15, 0.2) is 0 Å². The van der Waals surface area contributed by atoms with Crippen LogP contribution in [0.4, 0.5) is 0 Å². The molecule has 0 aliphatic carbocycles. The lowest BCUT2D eigenvalue weighted by molar-refractivity contribution is -0.146. The van der Waals surface area contributed by atoms with E-state index in [2.05, 4.69) is 0 Å². The zero-order valence-corrected chi connectivity index (χ0v) is 10.8. The number of morpholine rings is 1. The van der Waals surface area contributed by atoms with Crippen molar-refractivity contribution >= 4 is 18.3 Å². The molecule has 0 aromatic heterocycles. The molecule has 0 spiro atoms. The highest BCUT2D eigenvalue weighted by atomic mass is 35.5. The van der Waals surface area contributed by atoms with Gasteiger partial charge in [-0.2, -0.15) is 0 Å². The van der Waals surface area contributed by atoms with Gasteiger partial charge in [-0.15, -0.1) is 12.4 Å². The van der Waals surface area contributed by atoms with Gasteiger partial charge in [0, 0.05) is 26.2 Å². The summed E-state index contributed by atoms with van der Waals surface area (Å²) in [6.07, 6.45) is 1.94. The lowest BCUT2D eigenvalue weighted by Gasteiger charge is -2.35. The van der Waals surface area contributed by atoms with E-state index in [9.17, 15) is 4.79 Å². The second kappa shape index (κ2) is 7.16. The van der Waals surface area contributed by atoms with E-state index in [4.69, 9.17) is 15.2 Å². The Labute approximate surface area is 108 Å². The van der Waals surface area contributed by atoms with E-state index in [0.717, 1.165) is 19.4 Å². The molecule has 0 aromatic carbocycles. The monoisotopic (exact) mass is 264 g/mol. The number of carbonyl (C=O) groups is 1. The Morgan fingerprint density at radius 3 is 2.88 bits per heavy atom. The average molecular weight is 265 g/mol. The maximum Gasteiger partial charge on any atom is 0.228 e. The quantitative estimate of drug-likeness (QED) is 0.764. The van der Waals surface area contributed by atoms with Gasteiger partial charge < -0.3 is 20.1 Å². The minimum Gasteiger partial charge on any atom is -0.381 e. The molecular weight excluding hydrogens is 244 g/mol. The predicted molar refractivity (Wildman–Crippen MR) is 66.2 cm³/mol. The van der Waals surface area contributed by atoms with Gasteiger partial charge in [0.2, 0.25) is 5.91 Å². The summed E-state index contributed by atoms with van der Waals surface area (Å²) in [5.74, 6) is 0.256. The summed E-state index contributed by atoms with van der Waals surface area (Å²) in [4.78, 5) is 14.0. The van der Waals surface area contributed by atoms with E-state index in [1.807, 2.05) is 4.90 Å². The highest BCUT2D eigenvalue weighted by Gasteiger charge is 2.29. The molecule has 1 amide bonds. The van der Waals surface area contributed by atoms with Gasteiger partial charge in [0.1, 0.15) is 0 Å². The van der Waals surface area contributed by atoms with Crippen LogP contribution >= 0.6 is 12.4 Å². The Morgan fingerprint density at radius 2 is 2.24 bits per heavy atom. The highest BCUT2D eigenvalue weighted by molar-refractivity contribution is 5.85. The van der Waals surface area contributed by atoms with Crippen molar-refractivity contribution in [3.63, 3.8) is 0 Å². The number of nitrogens with zero attached hydrogens (tertiary/aromatic N) is 1. The fraction of sp³-hybridized carbons (Fsp3) is 0.909. The third kappa shape index (κ3) is 3.81. The van der Waals surface area contributed by atoms with E-state index in [0.29, 0.717) is 32.8 Å². The Morgan fingerprint density at radius 1 is 1.41 bits per heavy atom. The maximum absolute atomic E-state index is 12.2. The van der Waals surface area contributed by atoms with Gasteiger partial charge in [0.25, 0.3) is 0 Å². The summed E-state index contributed by atoms with van der Waals surface area (Å²) in [5.41, 5.74) is 5.56. The first-order valence-electron chi connectivity index (χ1n) is 5.99. The summed E-state index contributed by atoms with van der Waals surface area (Å²) in [5, 5.41) is 0. The van der Waals surface area contributed by atoms with Crippen LogP contribution in [-0.4, -0.2) is 56.4 Å². The molecule has 2 saturated heterocycles. The lowest BCUT2D eigenvalue weighted by Crippen LogP contribution is -2.50. The number of amides is 1. The van der Waals surface area contributed by atoms with Crippen LogP contribution in [-0.2, 0) is 14.3 Å². The summed E-state index contributed by atoms with van der Waals surface area (Å²) in [7, 11) is 0. The predicted octanol–water partition coefficient (Wildman–Crippen LogP) is 0.0209. The highest BCUT2D eigenvalue weighted by Crippen LogP contribution is 2.18. The summed E-state index contributed by atoms with van der Waals surface area (Å²) in [6, 6.07) is 0. The second-order valence-electron chi connectivity index (χ2n) is 4.43. The van der Waals surface area contributed by atoms with E-state index in [1.165, 1.54) is 0 Å². The van der Waals surface area contributed by atoms with Gasteiger partial charge in [0.15, 0.2) is 0 Å². The molecule has 0 radical (unpaired) electrons. The SMILES string of the molecule is Cl.NCC1CN(C(=O)C2CCCOC2)CCO1. The molecule has 2 fully saturated rings. The van der Waals surface area contributed by atoms with E-state index < -0.39 is 0 Å². The largest absolute Gasteiger partial charge is 0.381 e. The van der Waals surface area contributed by atoms with Crippen LogP contribution in [0.1, 0.15) is 12.8 Å². The molecule has 0 saturated carbocycles. The molecule has 17 heavy (non-hydrogen) atoms. The van der Waals surface area contributed by atoms with Crippen molar-refractivity contribution in [2.45, 2.75) is 18.9 Å². The van der Waals surface area contributed by atoms with Crippen LogP contribution in [0.5, 0.6) is 0 Å². The summed E-state index contributed by atoms with van der Waals surface area (Å²) in [6.45, 7) is 3.76. The molecule has 2 unspecified atom stereocenters. The van der Waals surface area contributed by atoms with E-state index >= 15 is 0 Å². The van der Waals surface area contributed by atoms with Gasteiger partial charge in [-0.3, -0.25) is 4.79 Å². The third-order valence-corrected chi connectivity index (χ3v) is 3.22. The fourth-order valence-corrected chi connectivity index (χ4v) is 2.26. The average Bonchev–Trinajstić information content (AvgIpc) is 2.39. The van der Waals surface area contributed by atoms with Crippen LogP contribution in [0, 0.1) is 5.92 Å². The first kappa shape index (κ1) is 14.7. The third-order valence-electron chi connectivity index (χ3n) is 3.22. The minimum atomic E-state index is 0. The Hall–Kier alpha value is -0.360. The van der Waals surface area contributed by atoms with Gasteiger partial charge in [-0.05, 0) is 12.8 Å². The Bertz CT molecular complexity index is 247. The number of hydrogen-bond donors (Lipinski definition) is 1. The van der Waals surface area contributed by atoms with E-state index in [-0.39, 0.29) is 30.3 Å². The number of nitrogens with two attached hydrogens (primary N) is 1. The molecule has 2 aliphatic rings. The van der Waals surface area contributed by atoms with E-state index in [1.54, 1.807) is 0 Å². The van der Waals surface area contributed by atoms with Crippen molar-refractivity contribution in [1.29, 1.82) is 0 Å². The smallest absolute Gasteiger partial charge is 0.228 e. The standard InChI is InChI=1S/C11H20N2O3.ClH/c12-6-10-7-13(3-5-16-10)11(14)9-2-1-4-15-8-9;/h9-10H,1-8,12H2;1H. The van der Waals surface area contributed by atoms with Crippen molar-refractivity contribution in [2.24, 2.45) is 11.7 Å². The zero-order chi connectivity index (χ0) is 11.4. The number of carbonyl (C=O) groups excluding carboxylic acids is 1. The van der Waals surface area contributed by atoms with Crippen molar-refractivity contribution in [3.8, 4) is 0 Å². The van der Waals surface area contributed by atoms with Gasteiger partial charge in [-0.1, -0.05) is 0 Å². The van der Waals surface area contributed by atoms with Crippen molar-refractivity contribution in [3.05, 3.63) is 0 Å². The van der Waals surface area contributed by atoms with Crippen LogP contribution in [0.2, 0.25) is 0 Å². The molecule has 5 nitrogen and oxygen atoms in total. The maximum atomic E-state index is 12.2. The second-order valence-corrected chi connectivity index (χ2v) is 4.43. The fourth-order valence-electron chi connectivity index (χ4n) is 2.26. The Balaban J connectivity index is 0.00000144. The number of halogens is 1. The number of rotatable bonds is 2. The zero-order valence-electron chi connectivity index (χ0n) is 9.97. The van der Waals surface area contributed by atoms with Crippen molar-refractivity contribution < 1.29 is 14.3 Å². The van der Waals surface area contributed by atoms with Gasteiger partial charge in [0.05, 0.1) is 25.2 Å².